The minimum atomic E-state index is -0.186. The van der Waals surface area contributed by atoms with Gasteiger partial charge in [-0.05, 0) is 62.4 Å². The predicted molar refractivity (Wildman–Crippen MR) is 107 cm³/mol. The largest absolute Gasteiger partial charge is 0.467 e. The first-order valence-electron chi connectivity index (χ1n) is 9.08. The third-order valence-electron chi connectivity index (χ3n) is 4.30. The molecule has 0 aliphatic rings. The Bertz CT molecular complexity index is 839. The van der Waals surface area contributed by atoms with E-state index in [-0.39, 0.29) is 5.91 Å². The van der Waals surface area contributed by atoms with Gasteiger partial charge in [0.05, 0.1) is 18.4 Å². The molecule has 0 aliphatic heterocycles. The summed E-state index contributed by atoms with van der Waals surface area (Å²) in [5.74, 6) is 1.21. The van der Waals surface area contributed by atoms with Crippen molar-refractivity contribution >= 4 is 23.1 Å². The lowest BCUT2D eigenvalue weighted by Crippen LogP contribution is -2.22. The highest BCUT2D eigenvalue weighted by molar-refractivity contribution is 5.94. The number of furan rings is 1. The molecule has 0 unspecified atom stereocenters. The SMILES string of the molecule is CCN(CC)c1ccc(Nc2ccc(C(=O)NCc3ccco3)cn2)cc1. The highest BCUT2D eigenvalue weighted by Gasteiger charge is 2.07. The summed E-state index contributed by atoms with van der Waals surface area (Å²) < 4.78 is 5.20. The number of nitrogens with zero attached hydrogens (tertiary/aromatic N) is 2. The van der Waals surface area contributed by atoms with Crippen LogP contribution in [-0.2, 0) is 6.54 Å². The van der Waals surface area contributed by atoms with Crippen molar-refractivity contribution in [3.63, 3.8) is 0 Å². The van der Waals surface area contributed by atoms with Crippen LogP contribution in [0.1, 0.15) is 30.0 Å². The number of carbonyl (C=O) groups excluding carboxylic acids is 1. The topological polar surface area (TPSA) is 70.4 Å². The van der Waals surface area contributed by atoms with Gasteiger partial charge in [0.15, 0.2) is 0 Å². The molecule has 0 radical (unpaired) electrons. The quantitative estimate of drug-likeness (QED) is 0.627. The summed E-state index contributed by atoms with van der Waals surface area (Å²) in [5, 5.41) is 6.05. The number of aromatic nitrogens is 1. The van der Waals surface area contributed by atoms with Crippen LogP contribution in [0.2, 0.25) is 0 Å². The Morgan fingerprint density at radius 3 is 2.44 bits per heavy atom. The lowest BCUT2D eigenvalue weighted by molar-refractivity contribution is 0.0947. The summed E-state index contributed by atoms with van der Waals surface area (Å²) in [6.07, 6.45) is 3.14. The average Bonchev–Trinajstić information content (AvgIpc) is 3.22. The third kappa shape index (κ3) is 4.88. The van der Waals surface area contributed by atoms with Crippen LogP contribution in [0.3, 0.4) is 0 Å². The van der Waals surface area contributed by atoms with Crippen molar-refractivity contribution in [3.8, 4) is 0 Å². The summed E-state index contributed by atoms with van der Waals surface area (Å²) in [6.45, 7) is 6.60. The van der Waals surface area contributed by atoms with Gasteiger partial charge in [-0.25, -0.2) is 4.98 Å². The summed E-state index contributed by atoms with van der Waals surface area (Å²) in [6, 6.07) is 15.4. The maximum atomic E-state index is 12.1. The fraction of sp³-hybridized carbons (Fsp3) is 0.238. The zero-order valence-electron chi connectivity index (χ0n) is 15.6. The van der Waals surface area contributed by atoms with E-state index >= 15 is 0 Å². The number of anilines is 3. The Balaban J connectivity index is 1.57. The number of hydrogen-bond acceptors (Lipinski definition) is 5. The summed E-state index contributed by atoms with van der Waals surface area (Å²) in [5.41, 5.74) is 2.65. The molecule has 6 heteroatoms. The zero-order valence-corrected chi connectivity index (χ0v) is 15.6. The number of carbonyl (C=O) groups is 1. The highest BCUT2D eigenvalue weighted by Crippen LogP contribution is 2.20. The number of benzene rings is 1. The molecular weight excluding hydrogens is 340 g/mol. The highest BCUT2D eigenvalue weighted by atomic mass is 16.3. The van der Waals surface area contributed by atoms with E-state index in [1.165, 1.54) is 5.69 Å². The van der Waals surface area contributed by atoms with Crippen molar-refractivity contribution in [2.24, 2.45) is 0 Å². The van der Waals surface area contributed by atoms with E-state index in [9.17, 15) is 4.79 Å². The number of rotatable bonds is 8. The molecule has 6 nitrogen and oxygen atoms in total. The second-order valence-electron chi connectivity index (χ2n) is 6.04. The van der Waals surface area contributed by atoms with Crippen LogP contribution < -0.4 is 15.5 Å². The van der Waals surface area contributed by atoms with Crippen molar-refractivity contribution in [2.75, 3.05) is 23.3 Å². The molecule has 1 aromatic carbocycles. The number of nitrogens with one attached hydrogen (secondary N) is 2. The standard InChI is InChI=1S/C21H24N4O2/c1-3-25(4-2)18-10-8-17(9-11-18)24-20-12-7-16(14-22-20)21(26)23-15-19-6-5-13-27-19/h5-14H,3-4,15H2,1-2H3,(H,22,24)(H,23,26). The van der Waals surface area contributed by atoms with Crippen LogP contribution >= 0.6 is 0 Å². The molecule has 0 aliphatic carbocycles. The van der Waals surface area contributed by atoms with E-state index in [2.05, 4.69) is 46.5 Å². The number of pyridine rings is 1. The Labute approximate surface area is 159 Å². The number of hydrogen-bond donors (Lipinski definition) is 2. The molecule has 0 bridgehead atoms. The Morgan fingerprint density at radius 1 is 1.07 bits per heavy atom. The fourth-order valence-corrected chi connectivity index (χ4v) is 2.78. The molecular formula is C21H24N4O2. The van der Waals surface area contributed by atoms with Crippen LogP contribution in [0.5, 0.6) is 0 Å². The smallest absolute Gasteiger partial charge is 0.253 e. The molecule has 0 spiro atoms. The van der Waals surface area contributed by atoms with Gasteiger partial charge >= 0.3 is 0 Å². The lowest BCUT2D eigenvalue weighted by Gasteiger charge is -2.21. The van der Waals surface area contributed by atoms with E-state index in [0.29, 0.717) is 23.7 Å². The average molecular weight is 364 g/mol. The fourth-order valence-electron chi connectivity index (χ4n) is 2.78. The van der Waals surface area contributed by atoms with Gasteiger partial charge in [0, 0.05) is 30.7 Å². The molecule has 27 heavy (non-hydrogen) atoms. The second kappa shape index (κ2) is 8.89. The van der Waals surface area contributed by atoms with Crippen molar-refractivity contribution < 1.29 is 9.21 Å². The molecule has 2 N–H and O–H groups in total. The Hall–Kier alpha value is -3.28. The van der Waals surface area contributed by atoms with E-state index in [0.717, 1.165) is 18.8 Å². The summed E-state index contributed by atoms with van der Waals surface area (Å²) in [4.78, 5) is 18.8. The van der Waals surface area contributed by atoms with Crippen LogP contribution in [0.15, 0.2) is 65.4 Å². The normalized spacial score (nSPS) is 10.4. The number of amides is 1. The molecule has 0 saturated heterocycles. The maximum absolute atomic E-state index is 12.1. The minimum Gasteiger partial charge on any atom is -0.467 e. The molecule has 0 fully saturated rings. The first-order chi connectivity index (χ1) is 13.2. The van der Waals surface area contributed by atoms with Crippen LogP contribution in [0.4, 0.5) is 17.2 Å². The third-order valence-corrected chi connectivity index (χ3v) is 4.30. The monoisotopic (exact) mass is 364 g/mol. The van der Waals surface area contributed by atoms with Crippen molar-refractivity contribution in [1.82, 2.24) is 10.3 Å². The van der Waals surface area contributed by atoms with Gasteiger partial charge in [0.25, 0.3) is 5.91 Å². The van der Waals surface area contributed by atoms with E-state index in [1.54, 1.807) is 30.7 Å². The predicted octanol–water partition coefficient (Wildman–Crippen LogP) is 4.19. The van der Waals surface area contributed by atoms with Crippen molar-refractivity contribution in [2.45, 2.75) is 20.4 Å². The molecule has 0 atom stereocenters. The van der Waals surface area contributed by atoms with Gasteiger partial charge < -0.3 is 20.0 Å². The zero-order chi connectivity index (χ0) is 19.1. The van der Waals surface area contributed by atoms with Gasteiger partial charge in [-0.15, -0.1) is 0 Å². The molecule has 2 heterocycles. The molecule has 3 rings (SSSR count). The molecule has 2 aromatic heterocycles. The Kier molecular flexibility index (Phi) is 6.10. The van der Waals surface area contributed by atoms with Crippen LogP contribution in [0.25, 0.3) is 0 Å². The van der Waals surface area contributed by atoms with E-state index in [1.807, 2.05) is 18.2 Å². The minimum absolute atomic E-state index is 0.186. The van der Waals surface area contributed by atoms with Gasteiger partial charge in [-0.1, -0.05) is 0 Å². The summed E-state index contributed by atoms with van der Waals surface area (Å²) in [7, 11) is 0. The van der Waals surface area contributed by atoms with Crippen LogP contribution in [-0.4, -0.2) is 24.0 Å². The molecule has 140 valence electrons. The maximum Gasteiger partial charge on any atom is 0.253 e. The summed E-state index contributed by atoms with van der Waals surface area (Å²) >= 11 is 0. The second-order valence-corrected chi connectivity index (χ2v) is 6.04. The Morgan fingerprint density at radius 2 is 1.85 bits per heavy atom. The van der Waals surface area contributed by atoms with Gasteiger partial charge in [-0.3, -0.25) is 4.79 Å². The van der Waals surface area contributed by atoms with E-state index < -0.39 is 0 Å². The molecule has 0 saturated carbocycles. The van der Waals surface area contributed by atoms with Crippen LogP contribution in [0, 0.1) is 0 Å². The van der Waals surface area contributed by atoms with Gasteiger partial charge in [0.1, 0.15) is 11.6 Å². The van der Waals surface area contributed by atoms with Gasteiger partial charge in [-0.2, -0.15) is 0 Å². The molecule has 1 amide bonds. The van der Waals surface area contributed by atoms with Gasteiger partial charge in [0.2, 0.25) is 0 Å². The first-order valence-corrected chi connectivity index (χ1v) is 9.08. The van der Waals surface area contributed by atoms with Crippen molar-refractivity contribution in [1.29, 1.82) is 0 Å². The van der Waals surface area contributed by atoms with Crippen molar-refractivity contribution in [3.05, 3.63) is 72.3 Å². The van der Waals surface area contributed by atoms with E-state index in [4.69, 9.17) is 4.42 Å². The lowest BCUT2D eigenvalue weighted by atomic mass is 10.2. The first kappa shape index (κ1) is 18.5. The molecule has 3 aromatic rings.